The smallest absolute Gasteiger partial charge is 0.407 e. The Morgan fingerprint density at radius 2 is 1.86 bits per heavy atom. The Bertz CT molecular complexity index is 768. The number of ketones is 1. The third-order valence-electron chi connectivity index (χ3n) is 7.80. The molecule has 8 nitrogen and oxygen atoms in total. The van der Waals surface area contributed by atoms with Crippen molar-refractivity contribution >= 4 is 11.9 Å². The van der Waals surface area contributed by atoms with Gasteiger partial charge in [0.1, 0.15) is 5.60 Å². The van der Waals surface area contributed by atoms with Crippen LogP contribution in [0.2, 0.25) is 0 Å². The lowest BCUT2D eigenvalue weighted by molar-refractivity contribution is -0.396. The van der Waals surface area contributed by atoms with E-state index in [0.29, 0.717) is 12.8 Å². The van der Waals surface area contributed by atoms with Crippen molar-refractivity contribution in [2.24, 2.45) is 22.5 Å². The molecular formula is C21H33NO7. The lowest BCUT2D eigenvalue weighted by Gasteiger charge is -2.71. The second-order valence-corrected chi connectivity index (χ2v) is 10.4. The normalized spacial score (nSPS) is 51.5. The van der Waals surface area contributed by atoms with Gasteiger partial charge in [-0.15, -0.1) is 6.58 Å². The second-order valence-electron chi connectivity index (χ2n) is 10.4. The molecule has 1 aliphatic heterocycles. The average Bonchev–Trinajstić information content (AvgIpc) is 2.53. The van der Waals surface area contributed by atoms with Crippen LogP contribution < -0.4 is 5.73 Å². The molecule has 0 aromatic heterocycles. The molecule has 7 atom stereocenters. The van der Waals surface area contributed by atoms with E-state index in [-0.39, 0.29) is 12.8 Å². The molecule has 3 aliphatic rings. The predicted molar refractivity (Wildman–Crippen MR) is 104 cm³/mol. The van der Waals surface area contributed by atoms with Crippen LogP contribution in [0, 0.1) is 16.7 Å². The molecule has 2 saturated carbocycles. The number of amides is 1. The molecule has 1 amide bonds. The van der Waals surface area contributed by atoms with Gasteiger partial charge in [-0.2, -0.15) is 0 Å². The Balaban J connectivity index is 2.32. The van der Waals surface area contributed by atoms with E-state index in [0.717, 1.165) is 0 Å². The Morgan fingerprint density at radius 3 is 2.38 bits per heavy atom. The van der Waals surface area contributed by atoms with Gasteiger partial charge >= 0.3 is 6.09 Å². The van der Waals surface area contributed by atoms with Crippen LogP contribution in [0.1, 0.15) is 60.3 Å². The quantitative estimate of drug-likeness (QED) is 0.398. The van der Waals surface area contributed by atoms with Crippen molar-refractivity contribution in [2.45, 2.75) is 89.0 Å². The summed E-state index contributed by atoms with van der Waals surface area (Å²) in [6, 6.07) is 0. The third-order valence-corrected chi connectivity index (χ3v) is 7.80. The predicted octanol–water partition coefficient (Wildman–Crippen LogP) is 1.40. The topological polar surface area (TPSA) is 139 Å². The largest absolute Gasteiger partial charge is 0.417 e. The first-order chi connectivity index (χ1) is 13.0. The highest BCUT2D eigenvalue weighted by Crippen LogP contribution is 2.69. The van der Waals surface area contributed by atoms with Gasteiger partial charge in [0.25, 0.3) is 0 Å². The summed E-state index contributed by atoms with van der Waals surface area (Å²) in [7, 11) is 0. The zero-order valence-electron chi connectivity index (χ0n) is 17.8. The number of aliphatic hydroxyl groups excluding tert-OH is 1. The first kappa shape index (κ1) is 22.2. The van der Waals surface area contributed by atoms with Crippen LogP contribution in [0.15, 0.2) is 12.7 Å². The number of primary amides is 1. The maximum atomic E-state index is 13.5. The van der Waals surface area contributed by atoms with Gasteiger partial charge in [0.15, 0.2) is 11.4 Å². The van der Waals surface area contributed by atoms with Crippen LogP contribution in [0.5, 0.6) is 0 Å². The molecule has 5 N–H and O–H groups in total. The lowest BCUT2D eigenvalue weighted by Crippen LogP contribution is -2.84. The van der Waals surface area contributed by atoms with E-state index in [4.69, 9.17) is 15.2 Å². The summed E-state index contributed by atoms with van der Waals surface area (Å²) in [5.74, 6) is -3.64. The van der Waals surface area contributed by atoms with Gasteiger partial charge in [0.2, 0.25) is 5.79 Å². The lowest BCUT2D eigenvalue weighted by atomic mass is 9.39. The van der Waals surface area contributed by atoms with Gasteiger partial charge in [-0.1, -0.05) is 26.8 Å². The van der Waals surface area contributed by atoms with Crippen molar-refractivity contribution in [3.63, 3.8) is 0 Å². The molecule has 1 heterocycles. The van der Waals surface area contributed by atoms with Gasteiger partial charge in [-0.25, -0.2) is 4.79 Å². The van der Waals surface area contributed by atoms with Gasteiger partial charge in [-0.3, -0.25) is 4.79 Å². The van der Waals surface area contributed by atoms with E-state index >= 15 is 0 Å². The fourth-order valence-electron chi connectivity index (χ4n) is 6.85. The number of hydrogen-bond donors (Lipinski definition) is 4. The second kappa shape index (κ2) is 6.03. The summed E-state index contributed by atoms with van der Waals surface area (Å²) in [6.07, 6.45) is -0.582. The molecule has 3 rings (SSSR count). The standard InChI is InChI=1S/C21H33NO7/c1-7-17(4)10-13(24)21(27)18(5,29-17)11-20(26,28-15(22)25)14-16(2,3)9-8-12(23)19(14,21)6/h7,12,14,23,26-27H,1,8-11H2,2-6H3,(H2,22,25)/t12-,14-,17-,18+,19-,20+,21+/m0/s1. The molecule has 0 unspecified atom stereocenters. The third kappa shape index (κ3) is 2.65. The Labute approximate surface area is 171 Å². The number of ether oxygens (including phenoxy) is 2. The molecule has 0 spiro atoms. The molecule has 0 radical (unpaired) electrons. The van der Waals surface area contributed by atoms with E-state index in [1.807, 2.05) is 13.8 Å². The maximum Gasteiger partial charge on any atom is 0.407 e. The molecule has 0 aromatic carbocycles. The number of nitrogens with two attached hydrogens (primary N) is 1. The van der Waals surface area contributed by atoms with E-state index in [1.165, 1.54) is 13.0 Å². The summed E-state index contributed by atoms with van der Waals surface area (Å²) in [4.78, 5) is 25.2. The van der Waals surface area contributed by atoms with E-state index < -0.39 is 57.3 Å². The average molecular weight is 411 g/mol. The monoisotopic (exact) mass is 411 g/mol. The van der Waals surface area contributed by atoms with Crippen LogP contribution in [0.4, 0.5) is 4.79 Å². The highest BCUT2D eigenvalue weighted by molar-refractivity contribution is 5.92. The van der Waals surface area contributed by atoms with E-state index in [1.54, 1.807) is 13.8 Å². The van der Waals surface area contributed by atoms with Crippen LogP contribution in [-0.4, -0.2) is 55.9 Å². The molecule has 8 heteroatoms. The summed E-state index contributed by atoms with van der Waals surface area (Å²) in [5.41, 5.74) is -1.86. The van der Waals surface area contributed by atoms with Crippen LogP contribution >= 0.6 is 0 Å². The van der Waals surface area contributed by atoms with Gasteiger partial charge in [-0.05, 0) is 32.1 Å². The van der Waals surface area contributed by atoms with E-state index in [9.17, 15) is 24.9 Å². The van der Waals surface area contributed by atoms with E-state index in [2.05, 4.69) is 6.58 Å². The summed E-state index contributed by atoms with van der Waals surface area (Å²) >= 11 is 0. The van der Waals surface area contributed by atoms with Crippen molar-refractivity contribution in [1.29, 1.82) is 0 Å². The minimum Gasteiger partial charge on any atom is -0.417 e. The number of Topliss-reactive ketones (excluding diaryl/α,β-unsaturated/α-hetero) is 1. The van der Waals surface area contributed by atoms with Crippen molar-refractivity contribution in [3.8, 4) is 0 Å². The molecule has 164 valence electrons. The Kier molecular flexibility index (Phi) is 4.62. The molecule has 1 saturated heterocycles. The minimum absolute atomic E-state index is 0.132. The SMILES string of the molecule is C=C[C@@]1(C)CC(=O)[C@]2(O)[C@@]3(C)[C@@H](O)CCC(C)(C)[C@@H]3[C@](O)(OC(N)=O)C[C@@]2(C)O1. The van der Waals surface area contributed by atoms with Crippen LogP contribution in [0.3, 0.4) is 0 Å². The molecule has 29 heavy (non-hydrogen) atoms. The van der Waals surface area contributed by atoms with Gasteiger partial charge in [0.05, 0.1) is 11.7 Å². The zero-order valence-corrected chi connectivity index (χ0v) is 17.8. The van der Waals surface area contributed by atoms with Crippen molar-refractivity contribution in [3.05, 3.63) is 12.7 Å². The first-order valence-corrected chi connectivity index (χ1v) is 10.00. The van der Waals surface area contributed by atoms with Crippen LogP contribution in [-0.2, 0) is 14.3 Å². The van der Waals surface area contributed by atoms with Gasteiger partial charge < -0.3 is 30.5 Å². The molecule has 0 aromatic rings. The van der Waals surface area contributed by atoms with Crippen LogP contribution in [0.25, 0.3) is 0 Å². The minimum atomic E-state index is -2.16. The highest BCUT2D eigenvalue weighted by atomic mass is 16.7. The maximum absolute atomic E-state index is 13.5. The number of carbonyl (C=O) groups is 2. The molecule has 3 fully saturated rings. The number of hydrogen-bond acceptors (Lipinski definition) is 7. The molecular weight excluding hydrogens is 378 g/mol. The Morgan fingerprint density at radius 1 is 1.28 bits per heavy atom. The summed E-state index contributed by atoms with van der Waals surface area (Å²) in [6.45, 7) is 12.2. The van der Waals surface area contributed by atoms with Gasteiger partial charge in [0, 0.05) is 24.2 Å². The fourth-order valence-corrected chi connectivity index (χ4v) is 6.85. The van der Waals surface area contributed by atoms with Crippen molar-refractivity contribution in [2.75, 3.05) is 0 Å². The van der Waals surface area contributed by atoms with Crippen molar-refractivity contribution in [1.82, 2.24) is 0 Å². The highest BCUT2D eigenvalue weighted by Gasteiger charge is 2.81. The Hall–Kier alpha value is -1.48. The first-order valence-electron chi connectivity index (χ1n) is 10.00. The molecule has 2 aliphatic carbocycles. The summed E-state index contributed by atoms with van der Waals surface area (Å²) in [5, 5.41) is 34.8. The zero-order chi connectivity index (χ0) is 22.3. The number of carbonyl (C=O) groups excluding carboxylic acids is 2. The number of rotatable bonds is 2. The fraction of sp³-hybridized carbons (Fsp3) is 0.810. The molecule has 0 bridgehead atoms. The number of fused-ring (bicyclic) bond motifs is 3. The summed E-state index contributed by atoms with van der Waals surface area (Å²) < 4.78 is 11.5. The number of aliphatic hydroxyl groups is 3. The van der Waals surface area contributed by atoms with Crippen molar-refractivity contribution < 1.29 is 34.4 Å².